The number of hydrogen-bond donors (Lipinski definition) is 2. The Bertz CT molecular complexity index is 548. The van der Waals surface area contributed by atoms with Crippen molar-refractivity contribution in [3.05, 3.63) is 29.0 Å². The van der Waals surface area contributed by atoms with Crippen LogP contribution in [0.5, 0.6) is 0 Å². The first-order chi connectivity index (χ1) is 8.34. The van der Waals surface area contributed by atoms with E-state index in [2.05, 4.69) is 5.32 Å². The molecule has 5 nitrogen and oxygen atoms in total. The molecular formula is C10H12ClFN2O3S. The van der Waals surface area contributed by atoms with Crippen LogP contribution in [0.2, 0.25) is 5.02 Å². The molecule has 0 aliphatic carbocycles. The molecule has 100 valence electrons. The van der Waals surface area contributed by atoms with E-state index < -0.39 is 27.3 Å². The van der Waals surface area contributed by atoms with Crippen molar-refractivity contribution in [2.45, 2.75) is 0 Å². The molecule has 0 atom stereocenters. The van der Waals surface area contributed by atoms with Crippen LogP contribution in [0.1, 0.15) is 0 Å². The number of nitrogens with one attached hydrogen (secondary N) is 1. The van der Waals surface area contributed by atoms with Gasteiger partial charge in [0.2, 0.25) is 5.91 Å². The lowest BCUT2D eigenvalue weighted by Gasteiger charge is -2.06. The minimum Gasteiger partial charge on any atom is -0.329 e. The van der Waals surface area contributed by atoms with E-state index in [-0.39, 0.29) is 23.0 Å². The van der Waals surface area contributed by atoms with Gasteiger partial charge in [-0.2, -0.15) is 0 Å². The van der Waals surface area contributed by atoms with Gasteiger partial charge in [0.1, 0.15) is 11.6 Å². The maximum Gasteiger partial charge on any atom is 0.239 e. The van der Waals surface area contributed by atoms with E-state index in [0.29, 0.717) is 0 Å². The van der Waals surface area contributed by atoms with Gasteiger partial charge >= 0.3 is 0 Å². The first kappa shape index (κ1) is 14.9. The highest BCUT2D eigenvalue weighted by molar-refractivity contribution is 7.92. The standard InChI is InChI=1S/C10H12ClFN2O3S/c11-8-5-7(1-2-9(8)12)14-10(15)6-18(16,17)4-3-13/h1-2,5H,3-4,6,13H2,(H,14,15). The second kappa shape index (κ2) is 6.12. The molecule has 0 saturated heterocycles. The average molecular weight is 295 g/mol. The summed E-state index contributed by atoms with van der Waals surface area (Å²) in [6.45, 7) is -0.0437. The molecule has 0 fully saturated rings. The SMILES string of the molecule is NCCS(=O)(=O)CC(=O)Nc1ccc(F)c(Cl)c1. The second-order valence-corrected chi connectivity index (χ2v) is 6.15. The van der Waals surface area contributed by atoms with Gasteiger partial charge in [-0.25, -0.2) is 12.8 Å². The van der Waals surface area contributed by atoms with E-state index in [4.69, 9.17) is 17.3 Å². The normalized spacial score (nSPS) is 11.3. The minimum absolute atomic E-state index is 0.0437. The van der Waals surface area contributed by atoms with Crippen LogP contribution in [0.15, 0.2) is 18.2 Å². The maximum absolute atomic E-state index is 12.9. The first-order valence-electron chi connectivity index (χ1n) is 4.99. The maximum atomic E-state index is 12.9. The van der Waals surface area contributed by atoms with Gasteiger partial charge in [0.15, 0.2) is 9.84 Å². The van der Waals surface area contributed by atoms with Crippen molar-refractivity contribution in [1.29, 1.82) is 0 Å². The summed E-state index contributed by atoms with van der Waals surface area (Å²) in [5.74, 6) is -2.26. The zero-order chi connectivity index (χ0) is 13.8. The van der Waals surface area contributed by atoms with Gasteiger partial charge in [-0.3, -0.25) is 4.79 Å². The molecule has 0 radical (unpaired) electrons. The van der Waals surface area contributed by atoms with Crippen molar-refractivity contribution in [1.82, 2.24) is 0 Å². The summed E-state index contributed by atoms with van der Waals surface area (Å²) in [6.07, 6.45) is 0. The molecule has 1 amide bonds. The predicted molar refractivity (Wildman–Crippen MR) is 67.7 cm³/mol. The highest BCUT2D eigenvalue weighted by atomic mass is 35.5. The topological polar surface area (TPSA) is 89.3 Å². The Kier molecular flexibility index (Phi) is 5.06. The van der Waals surface area contributed by atoms with Crippen LogP contribution in [0.4, 0.5) is 10.1 Å². The fourth-order valence-corrected chi connectivity index (χ4v) is 2.38. The zero-order valence-electron chi connectivity index (χ0n) is 9.32. The summed E-state index contributed by atoms with van der Waals surface area (Å²) in [6, 6.07) is 3.56. The van der Waals surface area contributed by atoms with Crippen molar-refractivity contribution >= 4 is 33.0 Å². The highest BCUT2D eigenvalue weighted by Gasteiger charge is 2.16. The summed E-state index contributed by atoms with van der Waals surface area (Å²) >= 11 is 5.52. The number of sulfone groups is 1. The quantitative estimate of drug-likeness (QED) is 0.840. The molecule has 8 heteroatoms. The van der Waals surface area contributed by atoms with Crippen molar-refractivity contribution in [3.8, 4) is 0 Å². The Balaban J connectivity index is 2.68. The fourth-order valence-electron chi connectivity index (χ4n) is 1.22. The van der Waals surface area contributed by atoms with Gasteiger partial charge in [-0.1, -0.05) is 11.6 Å². The van der Waals surface area contributed by atoms with Crippen molar-refractivity contribution in [2.75, 3.05) is 23.4 Å². The molecular weight excluding hydrogens is 283 g/mol. The van der Waals surface area contributed by atoms with Crippen LogP contribution in [0, 0.1) is 5.82 Å². The second-order valence-electron chi connectivity index (χ2n) is 3.56. The molecule has 0 spiro atoms. The van der Waals surface area contributed by atoms with Crippen LogP contribution in [0.25, 0.3) is 0 Å². The third kappa shape index (κ3) is 4.59. The summed E-state index contributed by atoms with van der Waals surface area (Å²) in [7, 11) is -3.51. The number of benzene rings is 1. The Labute approximate surface area is 109 Å². The van der Waals surface area contributed by atoms with Crippen molar-refractivity contribution in [2.24, 2.45) is 5.73 Å². The molecule has 3 N–H and O–H groups in total. The molecule has 1 aromatic carbocycles. The van der Waals surface area contributed by atoms with E-state index >= 15 is 0 Å². The zero-order valence-corrected chi connectivity index (χ0v) is 10.9. The van der Waals surface area contributed by atoms with Crippen LogP contribution in [0.3, 0.4) is 0 Å². The molecule has 0 bridgehead atoms. The lowest BCUT2D eigenvalue weighted by molar-refractivity contribution is -0.113. The number of rotatable bonds is 5. The van der Waals surface area contributed by atoms with E-state index in [0.717, 1.165) is 6.07 Å². The van der Waals surface area contributed by atoms with E-state index in [9.17, 15) is 17.6 Å². The molecule has 0 heterocycles. The number of carbonyl (C=O) groups excluding carboxylic acids is 1. The number of carbonyl (C=O) groups is 1. The number of halogens is 2. The van der Waals surface area contributed by atoms with Gasteiger partial charge in [0.25, 0.3) is 0 Å². The highest BCUT2D eigenvalue weighted by Crippen LogP contribution is 2.19. The largest absolute Gasteiger partial charge is 0.329 e. The molecule has 0 aliphatic rings. The van der Waals surface area contributed by atoms with Crippen LogP contribution < -0.4 is 11.1 Å². The molecule has 0 aliphatic heterocycles. The van der Waals surface area contributed by atoms with Crippen molar-refractivity contribution in [3.63, 3.8) is 0 Å². The van der Waals surface area contributed by atoms with Gasteiger partial charge in [-0.05, 0) is 18.2 Å². The summed E-state index contributed by atoms with van der Waals surface area (Å²) in [4.78, 5) is 11.4. The number of amides is 1. The van der Waals surface area contributed by atoms with Gasteiger partial charge in [0, 0.05) is 12.2 Å². The van der Waals surface area contributed by atoms with Gasteiger partial charge < -0.3 is 11.1 Å². The van der Waals surface area contributed by atoms with Crippen LogP contribution >= 0.6 is 11.6 Å². The average Bonchev–Trinajstić information content (AvgIpc) is 2.22. The summed E-state index contributed by atoms with van der Waals surface area (Å²) in [5.41, 5.74) is 5.34. The Morgan fingerprint density at radius 1 is 1.44 bits per heavy atom. The Morgan fingerprint density at radius 3 is 2.67 bits per heavy atom. The van der Waals surface area contributed by atoms with Crippen LogP contribution in [-0.4, -0.2) is 32.4 Å². The smallest absolute Gasteiger partial charge is 0.239 e. The van der Waals surface area contributed by atoms with Gasteiger partial charge in [0.05, 0.1) is 10.8 Å². The lowest BCUT2D eigenvalue weighted by atomic mass is 10.3. The Morgan fingerprint density at radius 2 is 2.11 bits per heavy atom. The molecule has 1 aromatic rings. The molecule has 0 unspecified atom stereocenters. The number of nitrogens with two attached hydrogens (primary N) is 1. The summed E-state index contributed by atoms with van der Waals surface area (Å²) in [5, 5.41) is 2.16. The van der Waals surface area contributed by atoms with E-state index in [1.165, 1.54) is 12.1 Å². The third-order valence-electron chi connectivity index (χ3n) is 1.98. The number of hydrogen-bond acceptors (Lipinski definition) is 4. The minimum atomic E-state index is -3.51. The van der Waals surface area contributed by atoms with E-state index in [1.54, 1.807) is 0 Å². The summed E-state index contributed by atoms with van der Waals surface area (Å²) < 4.78 is 35.5. The monoisotopic (exact) mass is 294 g/mol. The Hall–Kier alpha value is -1.18. The predicted octanol–water partition coefficient (Wildman–Crippen LogP) is 0.791. The molecule has 1 rings (SSSR count). The lowest BCUT2D eigenvalue weighted by Crippen LogP contribution is -2.27. The van der Waals surface area contributed by atoms with E-state index in [1.807, 2.05) is 0 Å². The number of anilines is 1. The first-order valence-corrected chi connectivity index (χ1v) is 7.19. The van der Waals surface area contributed by atoms with Crippen molar-refractivity contribution < 1.29 is 17.6 Å². The van der Waals surface area contributed by atoms with Crippen LogP contribution in [-0.2, 0) is 14.6 Å². The molecule has 0 aromatic heterocycles. The van der Waals surface area contributed by atoms with Gasteiger partial charge in [-0.15, -0.1) is 0 Å². The molecule has 18 heavy (non-hydrogen) atoms. The molecule has 0 saturated carbocycles. The third-order valence-corrected chi connectivity index (χ3v) is 3.83. The fraction of sp³-hybridized carbons (Fsp3) is 0.300.